The standard InChI is InChI=1S/C10H7F2N/c11-9-3-1-2-8(10(9)12)7-4-5-13-6-7/h1-6,13H. The van der Waals surface area contributed by atoms with Crippen molar-refractivity contribution in [2.24, 2.45) is 0 Å². The fourth-order valence-electron chi connectivity index (χ4n) is 1.22. The third kappa shape index (κ3) is 1.33. The molecule has 0 aliphatic heterocycles. The van der Waals surface area contributed by atoms with Gasteiger partial charge in [0.2, 0.25) is 0 Å². The normalized spacial score (nSPS) is 10.3. The maximum Gasteiger partial charge on any atom is 0.166 e. The summed E-state index contributed by atoms with van der Waals surface area (Å²) < 4.78 is 26.0. The average molecular weight is 179 g/mol. The monoisotopic (exact) mass is 179 g/mol. The lowest BCUT2D eigenvalue weighted by Gasteiger charge is -1.99. The van der Waals surface area contributed by atoms with Crippen LogP contribution >= 0.6 is 0 Å². The molecule has 1 N–H and O–H groups in total. The maximum atomic E-state index is 13.2. The van der Waals surface area contributed by atoms with Crippen molar-refractivity contribution >= 4 is 0 Å². The van der Waals surface area contributed by atoms with Gasteiger partial charge in [0.15, 0.2) is 11.6 Å². The first-order chi connectivity index (χ1) is 6.29. The van der Waals surface area contributed by atoms with Crippen molar-refractivity contribution in [2.45, 2.75) is 0 Å². The summed E-state index contributed by atoms with van der Waals surface area (Å²) in [5, 5.41) is 0. The molecule has 0 fully saturated rings. The number of hydrogen-bond acceptors (Lipinski definition) is 0. The zero-order valence-electron chi connectivity index (χ0n) is 6.72. The molecule has 0 amide bonds. The number of aromatic nitrogens is 1. The molecule has 0 radical (unpaired) electrons. The summed E-state index contributed by atoms with van der Waals surface area (Å²) in [4.78, 5) is 2.79. The second kappa shape index (κ2) is 3.01. The van der Waals surface area contributed by atoms with Gasteiger partial charge in [-0.2, -0.15) is 0 Å². The first-order valence-corrected chi connectivity index (χ1v) is 3.86. The molecule has 0 saturated carbocycles. The van der Waals surface area contributed by atoms with Crippen LogP contribution in [0.25, 0.3) is 11.1 Å². The van der Waals surface area contributed by atoms with Gasteiger partial charge < -0.3 is 4.98 Å². The molecular weight excluding hydrogens is 172 g/mol. The zero-order valence-corrected chi connectivity index (χ0v) is 6.72. The van der Waals surface area contributed by atoms with E-state index >= 15 is 0 Å². The topological polar surface area (TPSA) is 15.8 Å². The van der Waals surface area contributed by atoms with Crippen molar-refractivity contribution in [2.75, 3.05) is 0 Å². The average Bonchev–Trinajstić information content (AvgIpc) is 2.62. The molecule has 0 bridgehead atoms. The third-order valence-corrected chi connectivity index (χ3v) is 1.86. The van der Waals surface area contributed by atoms with Crippen molar-refractivity contribution in [3.8, 4) is 11.1 Å². The van der Waals surface area contributed by atoms with E-state index in [0.29, 0.717) is 5.56 Å². The Bertz CT molecular complexity index is 407. The Kier molecular flexibility index (Phi) is 1.85. The van der Waals surface area contributed by atoms with Gasteiger partial charge in [-0.1, -0.05) is 12.1 Å². The van der Waals surface area contributed by atoms with E-state index in [1.165, 1.54) is 6.07 Å². The highest BCUT2D eigenvalue weighted by Crippen LogP contribution is 2.23. The van der Waals surface area contributed by atoms with Crippen molar-refractivity contribution in [1.82, 2.24) is 4.98 Å². The first kappa shape index (κ1) is 7.98. The quantitative estimate of drug-likeness (QED) is 0.692. The Balaban J connectivity index is 2.59. The highest BCUT2D eigenvalue weighted by atomic mass is 19.2. The van der Waals surface area contributed by atoms with Gasteiger partial charge in [-0.15, -0.1) is 0 Å². The van der Waals surface area contributed by atoms with Crippen LogP contribution in [0, 0.1) is 11.6 Å². The van der Waals surface area contributed by atoms with E-state index in [0.717, 1.165) is 6.07 Å². The van der Waals surface area contributed by atoms with E-state index in [9.17, 15) is 8.78 Å². The number of rotatable bonds is 1. The van der Waals surface area contributed by atoms with Crippen LogP contribution < -0.4 is 0 Å². The van der Waals surface area contributed by atoms with E-state index in [-0.39, 0.29) is 5.56 Å². The highest BCUT2D eigenvalue weighted by Gasteiger charge is 2.08. The van der Waals surface area contributed by atoms with Crippen LogP contribution in [0.5, 0.6) is 0 Å². The summed E-state index contributed by atoms with van der Waals surface area (Å²) in [7, 11) is 0. The number of hydrogen-bond donors (Lipinski definition) is 1. The molecule has 13 heavy (non-hydrogen) atoms. The van der Waals surface area contributed by atoms with Crippen molar-refractivity contribution in [3.05, 3.63) is 48.3 Å². The van der Waals surface area contributed by atoms with Gasteiger partial charge in [0.25, 0.3) is 0 Å². The Hall–Kier alpha value is -1.64. The molecule has 0 atom stereocenters. The molecule has 1 aromatic heterocycles. The molecule has 0 aliphatic carbocycles. The summed E-state index contributed by atoms with van der Waals surface area (Å²) in [5.41, 5.74) is 0.929. The van der Waals surface area contributed by atoms with E-state index < -0.39 is 11.6 Å². The number of halogens is 2. The van der Waals surface area contributed by atoms with Gasteiger partial charge in [-0.25, -0.2) is 8.78 Å². The molecule has 66 valence electrons. The fraction of sp³-hybridized carbons (Fsp3) is 0. The van der Waals surface area contributed by atoms with Crippen LogP contribution in [0.15, 0.2) is 36.7 Å². The zero-order chi connectivity index (χ0) is 9.26. The third-order valence-electron chi connectivity index (χ3n) is 1.86. The lowest BCUT2D eigenvalue weighted by atomic mass is 10.1. The van der Waals surface area contributed by atoms with E-state index in [1.807, 2.05) is 0 Å². The minimum atomic E-state index is -0.821. The van der Waals surface area contributed by atoms with Crippen LogP contribution in [0.3, 0.4) is 0 Å². The first-order valence-electron chi connectivity index (χ1n) is 3.86. The second-order valence-electron chi connectivity index (χ2n) is 2.70. The SMILES string of the molecule is Fc1cccc(-c2cc[nH]c2)c1F. The molecule has 2 aromatic rings. The molecular formula is C10H7F2N. The van der Waals surface area contributed by atoms with Crippen molar-refractivity contribution in [1.29, 1.82) is 0 Å². The fourth-order valence-corrected chi connectivity index (χ4v) is 1.22. The maximum absolute atomic E-state index is 13.2. The number of nitrogens with one attached hydrogen (secondary N) is 1. The predicted octanol–water partition coefficient (Wildman–Crippen LogP) is 2.96. The van der Waals surface area contributed by atoms with Crippen LogP contribution in [0.4, 0.5) is 8.78 Å². The molecule has 3 heteroatoms. The molecule has 0 spiro atoms. The summed E-state index contributed by atoms with van der Waals surface area (Å²) in [6.45, 7) is 0. The molecule has 0 unspecified atom stereocenters. The largest absolute Gasteiger partial charge is 0.367 e. The van der Waals surface area contributed by atoms with E-state index in [4.69, 9.17) is 0 Å². The molecule has 1 heterocycles. The number of aromatic amines is 1. The summed E-state index contributed by atoms with van der Waals surface area (Å²) in [6.07, 6.45) is 3.29. The predicted molar refractivity (Wildman–Crippen MR) is 46.1 cm³/mol. The minimum Gasteiger partial charge on any atom is -0.367 e. The number of benzene rings is 1. The summed E-state index contributed by atoms with van der Waals surface area (Å²) >= 11 is 0. The Morgan fingerprint density at radius 1 is 1.08 bits per heavy atom. The van der Waals surface area contributed by atoms with E-state index in [2.05, 4.69) is 4.98 Å². The van der Waals surface area contributed by atoms with Crippen molar-refractivity contribution in [3.63, 3.8) is 0 Å². The van der Waals surface area contributed by atoms with Crippen LogP contribution in [0.2, 0.25) is 0 Å². The van der Waals surface area contributed by atoms with E-state index in [1.54, 1.807) is 24.5 Å². The molecule has 0 aliphatic rings. The Morgan fingerprint density at radius 2 is 1.92 bits per heavy atom. The van der Waals surface area contributed by atoms with Gasteiger partial charge in [0, 0.05) is 23.5 Å². The summed E-state index contributed by atoms with van der Waals surface area (Å²) in [5.74, 6) is -1.62. The van der Waals surface area contributed by atoms with Crippen LogP contribution in [-0.2, 0) is 0 Å². The van der Waals surface area contributed by atoms with Gasteiger partial charge in [0.05, 0.1) is 0 Å². The molecule has 1 nitrogen and oxygen atoms in total. The van der Waals surface area contributed by atoms with Gasteiger partial charge in [-0.3, -0.25) is 0 Å². The van der Waals surface area contributed by atoms with Gasteiger partial charge in [0.1, 0.15) is 0 Å². The lowest BCUT2D eigenvalue weighted by molar-refractivity contribution is 0.511. The minimum absolute atomic E-state index is 0.279. The Labute approximate surface area is 74.0 Å². The second-order valence-corrected chi connectivity index (χ2v) is 2.70. The van der Waals surface area contributed by atoms with Crippen LogP contribution in [0.1, 0.15) is 0 Å². The molecule has 2 rings (SSSR count). The van der Waals surface area contributed by atoms with Gasteiger partial charge >= 0.3 is 0 Å². The molecule has 1 aromatic carbocycles. The highest BCUT2D eigenvalue weighted by molar-refractivity contribution is 5.63. The lowest BCUT2D eigenvalue weighted by Crippen LogP contribution is -1.87. The van der Waals surface area contributed by atoms with Gasteiger partial charge in [-0.05, 0) is 12.1 Å². The molecule has 0 saturated heterocycles. The summed E-state index contributed by atoms with van der Waals surface area (Å²) in [6, 6.07) is 5.83. The number of H-pyrrole nitrogens is 1. The Morgan fingerprint density at radius 3 is 2.62 bits per heavy atom. The van der Waals surface area contributed by atoms with Crippen LogP contribution in [-0.4, -0.2) is 4.98 Å². The smallest absolute Gasteiger partial charge is 0.166 e. The van der Waals surface area contributed by atoms with Crippen molar-refractivity contribution < 1.29 is 8.78 Å².